The number of hydrogen-bond donors (Lipinski definition) is 1. The standard InChI is InChI=1S/C23H27N3O/c1-17-9-5-7-16-26(17)22(27)14-8-11-19-18-10-2-3-12-20(18)25-23(19)21-13-4-6-15-24-21/h2-4,6,10,12-13,15,17,25H,5,7-9,11,14,16H2,1H3. The SMILES string of the molecule is CC1CCCCN1C(=O)CCCc1c(-c2ccccn2)[nH]c2ccccc12. The molecule has 4 heteroatoms. The van der Waals surface area contributed by atoms with Gasteiger partial charge in [0.05, 0.1) is 11.4 Å². The van der Waals surface area contributed by atoms with Crippen LogP contribution in [0.1, 0.15) is 44.6 Å². The average Bonchev–Trinajstić information content (AvgIpc) is 3.08. The Morgan fingerprint density at radius 2 is 2.04 bits per heavy atom. The number of fused-ring (bicyclic) bond motifs is 1. The Labute approximate surface area is 160 Å². The Hall–Kier alpha value is -2.62. The number of benzene rings is 1. The van der Waals surface area contributed by atoms with E-state index >= 15 is 0 Å². The molecule has 0 radical (unpaired) electrons. The molecule has 1 aliphatic heterocycles. The van der Waals surface area contributed by atoms with Crippen molar-refractivity contribution in [2.75, 3.05) is 6.54 Å². The molecule has 1 amide bonds. The van der Waals surface area contributed by atoms with E-state index < -0.39 is 0 Å². The van der Waals surface area contributed by atoms with E-state index in [0.717, 1.165) is 49.1 Å². The second-order valence-electron chi connectivity index (χ2n) is 7.52. The monoisotopic (exact) mass is 361 g/mol. The second kappa shape index (κ2) is 7.95. The molecule has 2 aromatic heterocycles. The van der Waals surface area contributed by atoms with E-state index in [-0.39, 0.29) is 0 Å². The van der Waals surface area contributed by atoms with Gasteiger partial charge in [-0.3, -0.25) is 9.78 Å². The molecule has 0 aliphatic carbocycles. The van der Waals surface area contributed by atoms with Crippen molar-refractivity contribution in [3.63, 3.8) is 0 Å². The maximum Gasteiger partial charge on any atom is 0.222 e. The highest BCUT2D eigenvalue weighted by atomic mass is 16.2. The van der Waals surface area contributed by atoms with Gasteiger partial charge < -0.3 is 9.88 Å². The first-order valence-corrected chi connectivity index (χ1v) is 10.0. The van der Waals surface area contributed by atoms with E-state index in [9.17, 15) is 4.79 Å². The van der Waals surface area contributed by atoms with E-state index in [1.54, 1.807) is 0 Å². The molecule has 1 N–H and O–H groups in total. The maximum absolute atomic E-state index is 12.7. The highest BCUT2D eigenvalue weighted by Gasteiger charge is 2.23. The van der Waals surface area contributed by atoms with Crippen molar-refractivity contribution < 1.29 is 4.79 Å². The normalized spacial score (nSPS) is 17.4. The number of hydrogen-bond acceptors (Lipinski definition) is 2. The Kier molecular flexibility index (Phi) is 5.23. The lowest BCUT2D eigenvalue weighted by Crippen LogP contribution is -2.41. The van der Waals surface area contributed by atoms with Gasteiger partial charge in [-0.25, -0.2) is 0 Å². The zero-order chi connectivity index (χ0) is 18.6. The molecule has 1 aliphatic rings. The largest absolute Gasteiger partial charge is 0.353 e. The number of aromatic nitrogens is 2. The first-order valence-electron chi connectivity index (χ1n) is 10.0. The Morgan fingerprint density at radius 3 is 2.85 bits per heavy atom. The molecule has 1 atom stereocenters. The van der Waals surface area contributed by atoms with E-state index in [2.05, 4.69) is 40.0 Å². The van der Waals surface area contributed by atoms with Gasteiger partial charge in [0.2, 0.25) is 5.91 Å². The minimum atomic E-state index is 0.307. The summed E-state index contributed by atoms with van der Waals surface area (Å²) in [5.74, 6) is 0.307. The van der Waals surface area contributed by atoms with Crippen LogP contribution in [-0.2, 0) is 11.2 Å². The molecule has 3 heterocycles. The number of H-pyrrole nitrogens is 1. The molecule has 1 aromatic carbocycles. The van der Waals surface area contributed by atoms with Crippen molar-refractivity contribution in [3.8, 4) is 11.4 Å². The van der Waals surface area contributed by atoms with Crippen molar-refractivity contribution in [2.45, 2.75) is 51.5 Å². The van der Waals surface area contributed by atoms with Gasteiger partial charge in [-0.15, -0.1) is 0 Å². The quantitative estimate of drug-likeness (QED) is 0.699. The minimum absolute atomic E-state index is 0.307. The van der Waals surface area contributed by atoms with Gasteiger partial charge in [0.1, 0.15) is 0 Å². The van der Waals surface area contributed by atoms with Crippen molar-refractivity contribution >= 4 is 16.8 Å². The fraction of sp³-hybridized carbons (Fsp3) is 0.391. The summed E-state index contributed by atoms with van der Waals surface area (Å²) in [5, 5.41) is 1.23. The van der Waals surface area contributed by atoms with E-state index in [1.165, 1.54) is 17.4 Å². The van der Waals surface area contributed by atoms with Crippen LogP contribution < -0.4 is 0 Å². The van der Waals surface area contributed by atoms with Crippen LogP contribution in [0.2, 0.25) is 0 Å². The number of nitrogens with one attached hydrogen (secondary N) is 1. The number of aromatic amines is 1. The number of pyridine rings is 1. The Bertz CT molecular complexity index is 916. The zero-order valence-corrected chi connectivity index (χ0v) is 15.9. The van der Waals surface area contributed by atoms with Crippen molar-refractivity contribution in [3.05, 3.63) is 54.2 Å². The van der Waals surface area contributed by atoms with Crippen LogP contribution in [0.4, 0.5) is 0 Å². The molecule has 0 saturated carbocycles. The minimum Gasteiger partial charge on any atom is -0.353 e. The molecule has 0 spiro atoms. The fourth-order valence-corrected chi connectivity index (χ4v) is 4.22. The summed E-state index contributed by atoms with van der Waals surface area (Å²) in [6.45, 7) is 3.10. The van der Waals surface area contributed by atoms with Gasteiger partial charge in [-0.05, 0) is 62.8 Å². The third kappa shape index (κ3) is 3.75. The number of likely N-dealkylation sites (tertiary alicyclic amines) is 1. The molecule has 1 unspecified atom stereocenters. The number of rotatable bonds is 5. The van der Waals surface area contributed by atoms with E-state index in [1.807, 2.05) is 30.5 Å². The van der Waals surface area contributed by atoms with Gasteiger partial charge in [0.15, 0.2) is 0 Å². The van der Waals surface area contributed by atoms with Crippen molar-refractivity contribution in [2.24, 2.45) is 0 Å². The lowest BCUT2D eigenvalue weighted by molar-refractivity contribution is -0.134. The van der Waals surface area contributed by atoms with Gasteiger partial charge >= 0.3 is 0 Å². The molecule has 1 fully saturated rings. The predicted octanol–water partition coefficient (Wildman–Crippen LogP) is 4.95. The van der Waals surface area contributed by atoms with Crippen molar-refractivity contribution in [1.82, 2.24) is 14.9 Å². The van der Waals surface area contributed by atoms with Gasteiger partial charge in [-0.1, -0.05) is 24.3 Å². The molecular weight excluding hydrogens is 334 g/mol. The highest BCUT2D eigenvalue weighted by Crippen LogP contribution is 2.30. The first-order chi connectivity index (χ1) is 13.2. The predicted molar refractivity (Wildman–Crippen MR) is 109 cm³/mol. The summed E-state index contributed by atoms with van der Waals surface area (Å²) in [4.78, 5) is 22.8. The van der Waals surface area contributed by atoms with Crippen LogP contribution in [0.15, 0.2) is 48.7 Å². The summed E-state index contributed by atoms with van der Waals surface area (Å²) in [5.41, 5.74) is 4.43. The molecule has 4 nitrogen and oxygen atoms in total. The average molecular weight is 361 g/mol. The van der Waals surface area contributed by atoms with Crippen LogP contribution in [0, 0.1) is 0 Å². The third-order valence-electron chi connectivity index (χ3n) is 5.68. The molecular formula is C23H27N3O. The number of piperidine rings is 1. The number of carbonyl (C=O) groups is 1. The molecule has 0 bridgehead atoms. The van der Waals surface area contributed by atoms with Crippen molar-refractivity contribution in [1.29, 1.82) is 0 Å². The van der Waals surface area contributed by atoms with E-state index in [4.69, 9.17) is 0 Å². The summed E-state index contributed by atoms with van der Waals surface area (Å²) in [6, 6.07) is 14.8. The Morgan fingerprint density at radius 1 is 1.19 bits per heavy atom. The molecule has 3 aromatic rings. The third-order valence-corrected chi connectivity index (χ3v) is 5.68. The van der Waals surface area contributed by atoms with Gasteiger partial charge in [0, 0.05) is 36.1 Å². The van der Waals surface area contributed by atoms with Crippen LogP contribution >= 0.6 is 0 Å². The van der Waals surface area contributed by atoms with Crippen LogP contribution in [0.25, 0.3) is 22.3 Å². The summed E-state index contributed by atoms with van der Waals surface area (Å²) >= 11 is 0. The van der Waals surface area contributed by atoms with Gasteiger partial charge in [-0.2, -0.15) is 0 Å². The zero-order valence-electron chi connectivity index (χ0n) is 15.9. The Balaban J connectivity index is 1.52. The topological polar surface area (TPSA) is 49.0 Å². The molecule has 27 heavy (non-hydrogen) atoms. The van der Waals surface area contributed by atoms with Crippen LogP contribution in [-0.4, -0.2) is 33.4 Å². The van der Waals surface area contributed by atoms with Crippen LogP contribution in [0.3, 0.4) is 0 Å². The number of nitrogens with zero attached hydrogens (tertiary/aromatic N) is 2. The van der Waals surface area contributed by atoms with E-state index in [0.29, 0.717) is 18.4 Å². The first kappa shape index (κ1) is 17.8. The smallest absolute Gasteiger partial charge is 0.222 e. The fourth-order valence-electron chi connectivity index (χ4n) is 4.22. The lowest BCUT2D eigenvalue weighted by Gasteiger charge is -2.33. The molecule has 1 saturated heterocycles. The van der Waals surface area contributed by atoms with Gasteiger partial charge in [0.25, 0.3) is 0 Å². The molecule has 140 valence electrons. The summed E-state index contributed by atoms with van der Waals surface area (Å²) in [6.07, 6.45) is 7.71. The summed E-state index contributed by atoms with van der Waals surface area (Å²) in [7, 11) is 0. The highest BCUT2D eigenvalue weighted by molar-refractivity contribution is 5.90. The second-order valence-corrected chi connectivity index (χ2v) is 7.52. The lowest BCUT2D eigenvalue weighted by atomic mass is 10.0. The number of carbonyl (C=O) groups excluding carboxylic acids is 1. The van der Waals surface area contributed by atoms with Crippen LogP contribution in [0.5, 0.6) is 0 Å². The molecule has 4 rings (SSSR count). The number of amides is 1. The number of aryl methyl sites for hydroxylation is 1. The summed E-state index contributed by atoms with van der Waals surface area (Å²) < 4.78 is 0. The number of para-hydroxylation sites is 1. The maximum atomic E-state index is 12.7.